The van der Waals surface area contributed by atoms with E-state index in [1.54, 1.807) is 13.8 Å². The van der Waals surface area contributed by atoms with E-state index in [2.05, 4.69) is 5.32 Å². The van der Waals surface area contributed by atoms with Crippen LogP contribution in [0.15, 0.2) is 11.8 Å². The lowest BCUT2D eigenvalue weighted by atomic mass is 10.3. The monoisotopic (exact) mass is 157 g/mol. The zero-order valence-electron chi connectivity index (χ0n) is 6.55. The van der Waals surface area contributed by atoms with Crippen molar-refractivity contribution in [2.75, 3.05) is 0 Å². The summed E-state index contributed by atoms with van der Waals surface area (Å²) in [4.78, 5) is 21.0. The van der Waals surface area contributed by atoms with Crippen LogP contribution >= 0.6 is 0 Å². The van der Waals surface area contributed by atoms with Crippen molar-refractivity contribution in [1.29, 1.82) is 0 Å². The number of hydrogen-bond donors (Lipinski definition) is 2. The molecule has 0 heterocycles. The van der Waals surface area contributed by atoms with E-state index in [9.17, 15) is 9.59 Å². The van der Waals surface area contributed by atoms with Crippen molar-refractivity contribution in [3.8, 4) is 0 Å². The Bertz CT molecular complexity index is 196. The van der Waals surface area contributed by atoms with Crippen molar-refractivity contribution in [3.63, 3.8) is 0 Å². The van der Waals surface area contributed by atoms with Crippen LogP contribution in [0.4, 0.5) is 0 Å². The summed E-state index contributed by atoms with van der Waals surface area (Å²) in [6.45, 7) is 3.21. The molecule has 0 aliphatic carbocycles. The molecule has 0 aromatic heterocycles. The second kappa shape index (κ2) is 4.49. The number of rotatable bonds is 3. The lowest BCUT2D eigenvalue weighted by Gasteiger charge is -2.01. The SMILES string of the molecule is C/C=C(/NC(=O)CC)C(=O)O. The van der Waals surface area contributed by atoms with Gasteiger partial charge >= 0.3 is 5.97 Å². The molecule has 2 N–H and O–H groups in total. The van der Waals surface area contributed by atoms with Gasteiger partial charge in [0.05, 0.1) is 0 Å². The molecule has 62 valence electrons. The smallest absolute Gasteiger partial charge is 0.352 e. The van der Waals surface area contributed by atoms with E-state index in [0.29, 0.717) is 0 Å². The van der Waals surface area contributed by atoms with Gasteiger partial charge in [-0.2, -0.15) is 0 Å². The third-order valence-corrected chi connectivity index (χ3v) is 1.11. The number of carboxylic acid groups (broad SMARTS) is 1. The van der Waals surface area contributed by atoms with Crippen LogP contribution in [0.25, 0.3) is 0 Å². The van der Waals surface area contributed by atoms with Crippen molar-refractivity contribution >= 4 is 11.9 Å². The molecule has 0 unspecified atom stereocenters. The number of carbonyl (C=O) groups excluding carboxylic acids is 1. The van der Waals surface area contributed by atoms with Crippen LogP contribution in [-0.4, -0.2) is 17.0 Å². The molecule has 11 heavy (non-hydrogen) atoms. The third-order valence-electron chi connectivity index (χ3n) is 1.11. The van der Waals surface area contributed by atoms with Gasteiger partial charge < -0.3 is 10.4 Å². The second-order valence-corrected chi connectivity index (χ2v) is 1.91. The number of allylic oxidation sites excluding steroid dienone is 1. The van der Waals surface area contributed by atoms with Gasteiger partial charge in [-0.05, 0) is 6.92 Å². The summed E-state index contributed by atoms with van der Waals surface area (Å²) in [6.07, 6.45) is 1.63. The molecule has 1 amide bonds. The van der Waals surface area contributed by atoms with Crippen molar-refractivity contribution in [3.05, 3.63) is 11.8 Å². The van der Waals surface area contributed by atoms with Gasteiger partial charge in [-0.15, -0.1) is 0 Å². The zero-order valence-corrected chi connectivity index (χ0v) is 6.55. The van der Waals surface area contributed by atoms with Crippen LogP contribution in [0.5, 0.6) is 0 Å². The van der Waals surface area contributed by atoms with Gasteiger partial charge in [-0.3, -0.25) is 4.79 Å². The lowest BCUT2D eigenvalue weighted by Crippen LogP contribution is -2.26. The van der Waals surface area contributed by atoms with Gasteiger partial charge in [-0.1, -0.05) is 13.0 Å². The van der Waals surface area contributed by atoms with E-state index in [-0.39, 0.29) is 18.0 Å². The molecule has 0 rings (SSSR count). The summed E-state index contributed by atoms with van der Waals surface area (Å²) in [6, 6.07) is 0. The quantitative estimate of drug-likeness (QED) is 0.586. The molecule has 0 aromatic rings. The minimum absolute atomic E-state index is 0.0724. The van der Waals surface area contributed by atoms with Gasteiger partial charge in [0, 0.05) is 6.42 Å². The summed E-state index contributed by atoms with van der Waals surface area (Å²) < 4.78 is 0. The Labute approximate surface area is 64.9 Å². The number of carboxylic acids is 1. The van der Waals surface area contributed by atoms with Crippen molar-refractivity contribution < 1.29 is 14.7 Å². The summed E-state index contributed by atoms with van der Waals surface area (Å²) >= 11 is 0. The van der Waals surface area contributed by atoms with Gasteiger partial charge in [0.1, 0.15) is 5.70 Å². The van der Waals surface area contributed by atoms with Crippen LogP contribution in [0, 0.1) is 0 Å². The molecule has 0 aromatic carbocycles. The first kappa shape index (κ1) is 9.68. The van der Waals surface area contributed by atoms with Crippen LogP contribution in [0.3, 0.4) is 0 Å². The minimum Gasteiger partial charge on any atom is -0.477 e. The lowest BCUT2D eigenvalue weighted by molar-refractivity contribution is -0.134. The molecule has 0 aliphatic heterocycles. The van der Waals surface area contributed by atoms with Crippen molar-refractivity contribution in [2.45, 2.75) is 20.3 Å². The molecule has 0 atom stereocenters. The highest BCUT2D eigenvalue weighted by molar-refractivity contribution is 5.92. The van der Waals surface area contributed by atoms with Gasteiger partial charge in [0.25, 0.3) is 0 Å². The highest BCUT2D eigenvalue weighted by Crippen LogP contribution is 1.89. The minimum atomic E-state index is -1.12. The average Bonchev–Trinajstić information content (AvgIpc) is 1.99. The zero-order chi connectivity index (χ0) is 8.85. The number of carbonyl (C=O) groups is 2. The summed E-state index contributed by atoms with van der Waals surface area (Å²) in [5.41, 5.74) is -0.0724. The largest absolute Gasteiger partial charge is 0.477 e. The summed E-state index contributed by atoms with van der Waals surface area (Å²) in [5, 5.41) is 10.7. The Balaban J connectivity index is 4.12. The fourth-order valence-electron chi connectivity index (χ4n) is 0.488. The average molecular weight is 157 g/mol. The normalized spacial score (nSPS) is 10.9. The third kappa shape index (κ3) is 3.40. The molecule has 4 heteroatoms. The first-order valence-electron chi connectivity index (χ1n) is 3.31. The molecular formula is C7H11NO3. The fraction of sp³-hybridized carbons (Fsp3) is 0.429. The fourth-order valence-corrected chi connectivity index (χ4v) is 0.488. The maximum atomic E-state index is 10.7. The maximum Gasteiger partial charge on any atom is 0.352 e. The predicted molar refractivity (Wildman–Crippen MR) is 39.8 cm³/mol. The molecule has 0 spiro atoms. The molecule has 0 bridgehead atoms. The second-order valence-electron chi connectivity index (χ2n) is 1.91. The van der Waals surface area contributed by atoms with Crippen LogP contribution in [0.2, 0.25) is 0 Å². The summed E-state index contributed by atoms with van der Waals surface area (Å²) in [5.74, 6) is -1.41. The Morgan fingerprint density at radius 3 is 2.36 bits per heavy atom. The van der Waals surface area contributed by atoms with E-state index in [0.717, 1.165) is 0 Å². The highest BCUT2D eigenvalue weighted by atomic mass is 16.4. The number of amides is 1. The highest BCUT2D eigenvalue weighted by Gasteiger charge is 2.07. The van der Waals surface area contributed by atoms with Gasteiger partial charge in [0.15, 0.2) is 0 Å². The molecule has 0 fully saturated rings. The topological polar surface area (TPSA) is 66.4 Å². The Kier molecular flexibility index (Phi) is 3.95. The van der Waals surface area contributed by atoms with Crippen LogP contribution in [-0.2, 0) is 9.59 Å². The first-order valence-corrected chi connectivity index (χ1v) is 3.31. The Hall–Kier alpha value is -1.32. The number of aliphatic carboxylic acids is 1. The van der Waals surface area contributed by atoms with E-state index < -0.39 is 5.97 Å². The molecule has 0 aliphatic rings. The first-order chi connectivity index (χ1) is 5.11. The van der Waals surface area contributed by atoms with Crippen LogP contribution in [0.1, 0.15) is 20.3 Å². The molecule has 4 nitrogen and oxygen atoms in total. The predicted octanol–water partition coefficient (Wildman–Crippen LogP) is 0.501. The van der Waals surface area contributed by atoms with Gasteiger partial charge in [-0.25, -0.2) is 4.79 Å². The molecule has 0 saturated heterocycles. The molecular weight excluding hydrogens is 146 g/mol. The van der Waals surface area contributed by atoms with E-state index in [4.69, 9.17) is 5.11 Å². The number of hydrogen-bond acceptors (Lipinski definition) is 2. The number of nitrogens with one attached hydrogen (secondary N) is 1. The van der Waals surface area contributed by atoms with Crippen LogP contribution < -0.4 is 5.32 Å². The Morgan fingerprint density at radius 2 is 2.09 bits per heavy atom. The van der Waals surface area contributed by atoms with E-state index in [1.165, 1.54) is 6.08 Å². The van der Waals surface area contributed by atoms with Crippen molar-refractivity contribution in [2.24, 2.45) is 0 Å². The summed E-state index contributed by atoms with van der Waals surface area (Å²) in [7, 11) is 0. The van der Waals surface area contributed by atoms with Crippen molar-refractivity contribution in [1.82, 2.24) is 5.32 Å². The maximum absolute atomic E-state index is 10.7. The molecule has 0 radical (unpaired) electrons. The van der Waals surface area contributed by atoms with Gasteiger partial charge in [0.2, 0.25) is 5.91 Å². The van der Waals surface area contributed by atoms with E-state index >= 15 is 0 Å². The molecule has 0 saturated carbocycles. The Morgan fingerprint density at radius 1 is 1.55 bits per heavy atom. The van der Waals surface area contributed by atoms with E-state index in [1.807, 2.05) is 0 Å². The standard InChI is InChI=1S/C7H11NO3/c1-3-5(7(10)11)8-6(9)4-2/h3H,4H2,1-2H3,(H,8,9)(H,10,11)/b5-3+.